The van der Waals surface area contributed by atoms with Gasteiger partial charge in [-0.1, -0.05) is 115 Å². The van der Waals surface area contributed by atoms with Gasteiger partial charge in [0.1, 0.15) is 0 Å². The molecule has 0 radical (unpaired) electrons. The highest BCUT2D eigenvalue weighted by atomic mass is 14.9. The zero-order chi connectivity index (χ0) is 22.7. The van der Waals surface area contributed by atoms with Crippen LogP contribution in [0.15, 0.2) is 133 Å². The molecule has 0 amide bonds. The van der Waals surface area contributed by atoms with Crippen molar-refractivity contribution in [1.29, 1.82) is 0 Å². The third kappa shape index (κ3) is 3.87. The van der Waals surface area contributed by atoms with Gasteiger partial charge in [0.15, 0.2) is 5.82 Å². The number of hydrogen-bond donors (Lipinski definition) is 0. The van der Waals surface area contributed by atoms with Crippen LogP contribution in [0.2, 0.25) is 0 Å². The first kappa shape index (κ1) is 20.1. The first-order valence-corrected chi connectivity index (χ1v) is 11.4. The van der Waals surface area contributed by atoms with Gasteiger partial charge in [-0.25, -0.2) is 9.97 Å². The fourth-order valence-corrected chi connectivity index (χ4v) is 4.37. The lowest BCUT2D eigenvalue weighted by molar-refractivity contribution is 1.19. The van der Waals surface area contributed by atoms with E-state index in [4.69, 9.17) is 9.97 Å². The average Bonchev–Trinajstić information content (AvgIpc) is 2.93. The van der Waals surface area contributed by atoms with Gasteiger partial charge in [-0.3, -0.25) is 0 Å². The monoisotopic (exact) mass is 434 g/mol. The van der Waals surface area contributed by atoms with Crippen molar-refractivity contribution in [1.82, 2.24) is 9.97 Å². The van der Waals surface area contributed by atoms with Crippen molar-refractivity contribution in [3.05, 3.63) is 133 Å². The van der Waals surface area contributed by atoms with Crippen molar-refractivity contribution in [3.63, 3.8) is 0 Å². The van der Waals surface area contributed by atoms with Gasteiger partial charge >= 0.3 is 0 Å². The molecule has 0 spiro atoms. The molecule has 5 aromatic carbocycles. The molecule has 0 bridgehead atoms. The zero-order valence-corrected chi connectivity index (χ0v) is 18.6. The van der Waals surface area contributed by atoms with E-state index in [-0.39, 0.29) is 0 Å². The lowest BCUT2D eigenvalue weighted by Gasteiger charge is -2.13. The van der Waals surface area contributed by atoms with Crippen LogP contribution in [0.5, 0.6) is 0 Å². The predicted molar refractivity (Wildman–Crippen MR) is 141 cm³/mol. The maximum absolute atomic E-state index is 5.07. The van der Waals surface area contributed by atoms with Crippen LogP contribution in [0, 0.1) is 0 Å². The van der Waals surface area contributed by atoms with E-state index in [9.17, 15) is 0 Å². The molecule has 6 aromatic rings. The van der Waals surface area contributed by atoms with Crippen molar-refractivity contribution in [2.75, 3.05) is 0 Å². The minimum absolute atomic E-state index is 0.731. The first-order chi connectivity index (χ1) is 16.8. The Hall–Kier alpha value is -4.56. The molecule has 0 aliphatic carbocycles. The van der Waals surface area contributed by atoms with Crippen molar-refractivity contribution in [2.45, 2.75) is 0 Å². The van der Waals surface area contributed by atoms with Gasteiger partial charge in [0.05, 0.1) is 11.4 Å². The molecule has 2 heteroatoms. The maximum Gasteiger partial charge on any atom is 0.161 e. The summed E-state index contributed by atoms with van der Waals surface area (Å²) in [7, 11) is 0. The van der Waals surface area contributed by atoms with Crippen LogP contribution >= 0.6 is 0 Å². The number of hydrogen-bond acceptors (Lipinski definition) is 2. The Bertz CT molecular complexity index is 1520. The molecular weight excluding hydrogens is 412 g/mol. The molecule has 0 saturated carbocycles. The molecule has 34 heavy (non-hydrogen) atoms. The van der Waals surface area contributed by atoms with Crippen LogP contribution in [-0.2, 0) is 0 Å². The van der Waals surface area contributed by atoms with Gasteiger partial charge in [-0.05, 0) is 40.1 Å². The average molecular weight is 435 g/mol. The first-order valence-electron chi connectivity index (χ1n) is 11.4. The summed E-state index contributed by atoms with van der Waals surface area (Å²) in [5.74, 6) is 0.731. The third-order valence-corrected chi connectivity index (χ3v) is 6.08. The van der Waals surface area contributed by atoms with E-state index >= 15 is 0 Å². The molecular formula is C32H22N2. The Morgan fingerprint density at radius 2 is 0.882 bits per heavy atom. The summed E-state index contributed by atoms with van der Waals surface area (Å²) < 4.78 is 0. The molecule has 160 valence electrons. The van der Waals surface area contributed by atoms with Gasteiger partial charge in [-0.2, -0.15) is 0 Å². The SMILES string of the molecule is c1ccc(-c2cc(-c3nc(-c4ccccc4)cc(-c4ccccc4)n3)c3ccccc3c2)cc1. The number of aromatic nitrogens is 2. The van der Waals surface area contributed by atoms with Crippen LogP contribution in [0.4, 0.5) is 0 Å². The van der Waals surface area contributed by atoms with Gasteiger partial charge in [0.25, 0.3) is 0 Å². The fraction of sp³-hybridized carbons (Fsp3) is 0. The highest BCUT2D eigenvalue weighted by Gasteiger charge is 2.14. The van der Waals surface area contributed by atoms with Crippen LogP contribution in [0.25, 0.3) is 55.8 Å². The minimum Gasteiger partial charge on any atom is -0.228 e. The maximum atomic E-state index is 5.07. The Labute approximate surface area is 199 Å². The molecule has 1 heterocycles. The zero-order valence-electron chi connectivity index (χ0n) is 18.6. The Kier molecular flexibility index (Phi) is 5.17. The van der Waals surface area contributed by atoms with Gasteiger partial charge in [0, 0.05) is 16.7 Å². The molecule has 6 rings (SSSR count). The second-order valence-corrected chi connectivity index (χ2v) is 8.31. The lowest BCUT2D eigenvalue weighted by Crippen LogP contribution is -1.97. The highest BCUT2D eigenvalue weighted by molar-refractivity contribution is 5.99. The number of benzene rings is 5. The summed E-state index contributed by atoms with van der Waals surface area (Å²) in [5.41, 5.74) is 7.35. The second-order valence-electron chi connectivity index (χ2n) is 8.31. The summed E-state index contributed by atoms with van der Waals surface area (Å²) in [6, 6.07) is 46.1. The Morgan fingerprint density at radius 3 is 1.47 bits per heavy atom. The van der Waals surface area contributed by atoms with Gasteiger partial charge in [0.2, 0.25) is 0 Å². The van der Waals surface area contributed by atoms with Crippen molar-refractivity contribution in [2.24, 2.45) is 0 Å². The molecule has 0 aliphatic rings. The quantitative estimate of drug-likeness (QED) is 0.279. The molecule has 1 aromatic heterocycles. The summed E-state index contributed by atoms with van der Waals surface area (Å²) in [6.07, 6.45) is 0. The highest BCUT2D eigenvalue weighted by Crippen LogP contribution is 2.35. The fourth-order valence-electron chi connectivity index (χ4n) is 4.37. The predicted octanol–water partition coefficient (Wildman–Crippen LogP) is 8.30. The second kappa shape index (κ2) is 8.76. The van der Waals surface area contributed by atoms with E-state index < -0.39 is 0 Å². The summed E-state index contributed by atoms with van der Waals surface area (Å²) in [4.78, 5) is 10.1. The molecule has 0 atom stereocenters. The lowest BCUT2D eigenvalue weighted by atomic mass is 9.96. The van der Waals surface area contributed by atoms with E-state index in [1.807, 2.05) is 42.5 Å². The van der Waals surface area contributed by atoms with E-state index in [1.165, 1.54) is 10.9 Å². The summed E-state index contributed by atoms with van der Waals surface area (Å²) >= 11 is 0. The third-order valence-electron chi connectivity index (χ3n) is 6.08. The number of nitrogens with zero attached hydrogens (tertiary/aromatic N) is 2. The topological polar surface area (TPSA) is 25.8 Å². The molecule has 0 fully saturated rings. The molecule has 2 nitrogen and oxygen atoms in total. The summed E-state index contributed by atoms with van der Waals surface area (Å²) in [6.45, 7) is 0. The minimum atomic E-state index is 0.731. The normalized spacial score (nSPS) is 10.9. The molecule has 0 saturated heterocycles. The van der Waals surface area contributed by atoms with Crippen molar-refractivity contribution >= 4 is 10.8 Å². The molecule has 0 unspecified atom stereocenters. The van der Waals surface area contributed by atoms with E-state index in [2.05, 4.69) is 91.0 Å². The van der Waals surface area contributed by atoms with Crippen LogP contribution < -0.4 is 0 Å². The van der Waals surface area contributed by atoms with Gasteiger partial charge in [-0.15, -0.1) is 0 Å². The Morgan fingerprint density at radius 1 is 0.382 bits per heavy atom. The smallest absolute Gasteiger partial charge is 0.161 e. The standard InChI is InChI=1S/C32H22N2/c1-4-12-23(13-5-1)27-20-26-18-10-11-19-28(26)29(21-27)32-33-30(24-14-6-2-7-15-24)22-31(34-32)25-16-8-3-9-17-25/h1-22H. The number of fused-ring (bicyclic) bond motifs is 1. The van der Waals surface area contributed by atoms with E-state index in [0.717, 1.165) is 44.9 Å². The summed E-state index contributed by atoms with van der Waals surface area (Å²) in [5, 5.41) is 2.32. The van der Waals surface area contributed by atoms with Crippen molar-refractivity contribution < 1.29 is 0 Å². The van der Waals surface area contributed by atoms with E-state index in [0.29, 0.717) is 0 Å². The van der Waals surface area contributed by atoms with Gasteiger partial charge < -0.3 is 0 Å². The molecule has 0 aliphatic heterocycles. The Balaban J connectivity index is 1.63. The van der Waals surface area contributed by atoms with E-state index in [1.54, 1.807) is 0 Å². The number of rotatable bonds is 4. The van der Waals surface area contributed by atoms with Crippen LogP contribution in [0.3, 0.4) is 0 Å². The van der Waals surface area contributed by atoms with Crippen molar-refractivity contribution in [3.8, 4) is 45.0 Å². The van der Waals surface area contributed by atoms with Crippen LogP contribution in [-0.4, -0.2) is 9.97 Å². The molecule has 0 N–H and O–H groups in total. The van der Waals surface area contributed by atoms with Crippen LogP contribution in [0.1, 0.15) is 0 Å². The largest absolute Gasteiger partial charge is 0.228 e.